The maximum absolute atomic E-state index is 14.5. The molecule has 2 N–H and O–H groups in total. The van der Waals surface area contributed by atoms with E-state index in [1.165, 1.54) is 11.1 Å². The Hall–Kier alpha value is -3.45. The van der Waals surface area contributed by atoms with Crippen molar-refractivity contribution in [2.24, 2.45) is 23.7 Å². The van der Waals surface area contributed by atoms with Crippen LogP contribution in [-0.2, 0) is 25.5 Å². The van der Waals surface area contributed by atoms with Crippen molar-refractivity contribution < 1.29 is 19.1 Å². The summed E-state index contributed by atoms with van der Waals surface area (Å²) in [7, 11) is 0. The molecular formula is C37H47N3O4. The Bertz CT molecular complexity index is 1410. The molecule has 1 spiro atoms. The molecule has 44 heavy (non-hydrogen) atoms. The molecule has 234 valence electrons. The molecule has 0 unspecified atom stereocenters. The molecule has 3 amide bonds. The monoisotopic (exact) mass is 597 g/mol. The molecular weight excluding hydrogens is 550 g/mol. The van der Waals surface area contributed by atoms with Crippen LogP contribution in [0.5, 0.6) is 0 Å². The van der Waals surface area contributed by atoms with Crippen molar-refractivity contribution in [3.8, 4) is 0 Å². The third kappa shape index (κ3) is 5.38. The maximum Gasteiger partial charge on any atom is 0.246 e. The Balaban J connectivity index is 1.28. The zero-order valence-corrected chi connectivity index (χ0v) is 26.7. The number of nitrogens with zero attached hydrogens (tertiary/aromatic N) is 1. The van der Waals surface area contributed by atoms with Gasteiger partial charge in [0.1, 0.15) is 11.6 Å². The number of anilines is 1. The standard InChI is InChI=1S/C37H47N3O4/c1-22(2)27-16-18-28(19-17-27)38-34(41)31-30-20-21-37(44-30)32(31)36(43)40(24(4)14-15-26-11-7-6-8-12-26)33(37)35(42)39-29-13-9-10-23(3)25(29)5/h6-8,11-12,16-25,29-33H,9-10,13-15H2,1-5H3,(H,38,41)(H,39,42)/t23-,24+,25-,29+,30+,31-,32+,33+,37+/m0/s1. The van der Waals surface area contributed by atoms with Crippen LogP contribution in [0.1, 0.15) is 77.3 Å². The number of amides is 3. The largest absolute Gasteiger partial charge is 0.359 e. The molecule has 2 aromatic rings. The number of hydrogen-bond acceptors (Lipinski definition) is 4. The highest BCUT2D eigenvalue weighted by Crippen LogP contribution is 2.56. The molecule has 3 heterocycles. The van der Waals surface area contributed by atoms with Gasteiger partial charge in [-0.3, -0.25) is 14.4 Å². The second-order valence-corrected chi connectivity index (χ2v) is 14.0. The van der Waals surface area contributed by atoms with Crippen LogP contribution in [0.3, 0.4) is 0 Å². The fourth-order valence-corrected chi connectivity index (χ4v) is 8.06. The van der Waals surface area contributed by atoms with Gasteiger partial charge in [-0.05, 0) is 67.2 Å². The number of ether oxygens (including phenoxy) is 1. The molecule has 2 aromatic carbocycles. The zero-order chi connectivity index (χ0) is 31.2. The molecule has 2 bridgehead atoms. The summed E-state index contributed by atoms with van der Waals surface area (Å²) in [6.45, 7) is 10.7. The van der Waals surface area contributed by atoms with E-state index in [0.29, 0.717) is 29.9 Å². The molecule has 3 aliphatic heterocycles. The van der Waals surface area contributed by atoms with Crippen LogP contribution in [0.2, 0.25) is 0 Å². The Morgan fingerprint density at radius 3 is 2.43 bits per heavy atom. The first-order chi connectivity index (χ1) is 21.1. The summed E-state index contributed by atoms with van der Waals surface area (Å²) in [6.07, 6.45) is 7.89. The first-order valence-electron chi connectivity index (χ1n) is 16.5. The predicted octanol–water partition coefficient (Wildman–Crippen LogP) is 5.86. The van der Waals surface area contributed by atoms with E-state index in [0.717, 1.165) is 25.7 Å². The molecule has 7 nitrogen and oxygen atoms in total. The summed E-state index contributed by atoms with van der Waals surface area (Å²) in [5.41, 5.74) is 1.90. The van der Waals surface area contributed by atoms with Crippen LogP contribution in [-0.4, -0.2) is 52.5 Å². The minimum Gasteiger partial charge on any atom is -0.359 e. The van der Waals surface area contributed by atoms with Crippen molar-refractivity contribution >= 4 is 23.4 Å². The molecule has 1 saturated carbocycles. The fraction of sp³-hybridized carbons (Fsp3) is 0.541. The van der Waals surface area contributed by atoms with Gasteiger partial charge in [-0.25, -0.2) is 0 Å². The highest BCUT2D eigenvalue weighted by atomic mass is 16.5. The summed E-state index contributed by atoms with van der Waals surface area (Å²) in [4.78, 5) is 44.5. The second-order valence-electron chi connectivity index (χ2n) is 14.0. The molecule has 9 atom stereocenters. The van der Waals surface area contributed by atoms with Crippen LogP contribution < -0.4 is 10.6 Å². The van der Waals surface area contributed by atoms with Crippen LogP contribution in [0.15, 0.2) is 66.7 Å². The van der Waals surface area contributed by atoms with Crippen molar-refractivity contribution in [2.45, 2.75) is 102 Å². The lowest BCUT2D eigenvalue weighted by Gasteiger charge is -2.39. The van der Waals surface area contributed by atoms with Crippen LogP contribution >= 0.6 is 0 Å². The van der Waals surface area contributed by atoms with Crippen LogP contribution in [0, 0.1) is 23.7 Å². The van der Waals surface area contributed by atoms with Crippen molar-refractivity contribution in [3.05, 3.63) is 77.9 Å². The van der Waals surface area contributed by atoms with E-state index in [-0.39, 0.29) is 29.8 Å². The quantitative estimate of drug-likeness (QED) is 0.355. The van der Waals surface area contributed by atoms with Gasteiger partial charge in [0, 0.05) is 17.8 Å². The third-order valence-corrected chi connectivity index (χ3v) is 10.9. The molecule has 0 radical (unpaired) electrons. The Kier molecular flexibility index (Phi) is 8.44. The summed E-state index contributed by atoms with van der Waals surface area (Å²) < 4.78 is 6.60. The van der Waals surface area contributed by atoms with E-state index in [1.54, 1.807) is 4.90 Å². The predicted molar refractivity (Wildman–Crippen MR) is 172 cm³/mol. The van der Waals surface area contributed by atoms with E-state index in [1.807, 2.05) is 61.5 Å². The Morgan fingerprint density at radius 2 is 1.73 bits per heavy atom. The summed E-state index contributed by atoms with van der Waals surface area (Å²) in [6, 6.07) is 17.0. The number of carbonyl (C=O) groups excluding carboxylic acids is 3. The minimum absolute atomic E-state index is 0.0498. The number of hydrogen-bond donors (Lipinski definition) is 2. The lowest BCUT2D eigenvalue weighted by atomic mass is 9.73. The SMILES string of the molecule is CC(C)c1ccc(NC(=O)[C@H]2[C@H]3C=C[C@@]4(O3)[C@H]2C(=O)N([C@H](C)CCc2ccccc2)[C@@H]4C(=O)N[C@@H]2CCC[C@H](C)[C@@H]2C)cc1. The third-order valence-electron chi connectivity index (χ3n) is 10.9. The van der Waals surface area contributed by atoms with E-state index in [9.17, 15) is 14.4 Å². The number of aryl methyl sites for hydroxylation is 1. The molecule has 0 aromatic heterocycles. The van der Waals surface area contributed by atoms with Crippen LogP contribution in [0.25, 0.3) is 0 Å². The van der Waals surface area contributed by atoms with Gasteiger partial charge in [0.25, 0.3) is 0 Å². The molecule has 2 saturated heterocycles. The molecule has 7 heteroatoms. The zero-order valence-electron chi connectivity index (χ0n) is 26.7. The number of likely N-dealkylation sites (tertiary alicyclic amines) is 1. The topological polar surface area (TPSA) is 87.7 Å². The van der Waals surface area contributed by atoms with E-state index < -0.39 is 29.6 Å². The average molecular weight is 598 g/mol. The summed E-state index contributed by atoms with van der Waals surface area (Å²) in [5, 5.41) is 6.41. The summed E-state index contributed by atoms with van der Waals surface area (Å²) >= 11 is 0. The van der Waals surface area contributed by atoms with E-state index in [4.69, 9.17) is 4.74 Å². The average Bonchev–Trinajstić information content (AvgIpc) is 3.66. The van der Waals surface area contributed by atoms with Crippen molar-refractivity contribution in [2.75, 3.05) is 5.32 Å². The van der Waals surface area contributed by atoms with Crippen LogP contribution in [0.4, 0.5) is 5.69 Å². The Morgan fingerprint density at radius 1 is 1.00 bits per heavy atom. The van der Waals surface area contributed by atoms with Gasteiger partial charge in [0.2, 0.25) is 17.7 Å². The Labute approximate surface area is 261 Å². The highest BCUT2D eigenvalue weighted by molar-refractivity contribution is 6.03. The van der Waals surface area contributed by atoms with Crippen molar-refractivity contribution in [1.82, 2.24) is 10.2 Å². The molecule has 4 aliphatic rings. The first kappa shape index (κ1) is 30.6. The number of rotatable bonds is 9. The highest BCUT2D eigenvalue weighted by Gasteiger charge is 2.73. The van der Waals surface area contributed by atoms with E-state index >= 15 is 0 Å². The molecule has 6 rings (SSSR count). The lowest BCUT2D eigenvalue weighted by Crippen LogP contribution is -2.59. The number of nitrogens with one attached hydrogen (secondary N) is 2. The molecule has 1 aliphatic carbocycles. The van der Waals surface area contributed by atoms with Gasteiger partial charge < -0.3 is 20.3 Å². The van der Waals surface area contributed by atoms with Gasteiger partial charge in [-0.2, -0.15) is 0 Å². The minimum atomic E-state index is -1.17. The smallest absolute Gasteiger partial charge is 0.246 e. The van der Waals surface area contributed by atoms with Crippen molar-refractivity contribution in [3.63, 3.8) is 0 Å². The van der Waals surface area contributed by atoms with Gasteiger partial charge in [0.15, 0.2) is 0 Å². The number of fused-ring (bicyclic) bond motifs is 1. The maximum atomic E-state index is 14.5. The van der Waals surface area contributed by atoms with Gasteiger partial charge in [0.05, 0.1) is 17.9 Å². The number of benzene rings is 2. The molecule has 3 fully saturated rings. The first-order valence-corrected chi connectivity index (χ1v) is 16.5. The van der Waals surface area contributed by atoms with Crippen molar-refractivity contribution in [1.29, 1.82) is 0 Å². The van der Waals surface area contributed by atoms with Gasteiger partial charge >= 0.3 is 0 Å². The van der Waals surface area contributed by atoms with E-state index in [2.05, 4.69) is 50.5 Å². The van der Waals surface area contributed by atoms with Gasteiger partial charge in [-0.15, -0.1) is 0 Å². The lowest BCUT2D eigenvalue weighted by molar-refractivity contribution is -0.144. The van der Waals surface area contributed by atoms with Gasteiger partial charge in [-0.1, -0.05) is 95.2 Å². The normalized spacial score (nSPS) is 33.0. The fourth-order valence-electron chi connectivity index (χ4n) is 8.06. The second kappa shape index (κ2) is 12.2. The number of carbonyl (C=O) groups is 3. The summed E-state index contributed by atoms with van der Waals surface area (Å²) in [5.74, 6) is -0.807.